The fraction of sp³-hybridized carbons (Fsp3) is 0.345. The minimum Gasteiger partial charge on any atom is -0.475 e. The highest BCUT2D eigenvalue weighted by molar-refractivity contribution is 6.00. The van der Waals surface area contributed by atoms with Crippen LogP contribution in [0.1, 0.15) is 12.0 Å². The lowest BCUT2D eigenvalue weighted by Crippen LogP contribution is -2.37. The topological polar surface area (TPSA) is 147 Å². The van der Waals surface area contributed by atoms with Crippen molar-refractivity contribution < 1.29 is 54.6 Å². The molecule has 1 saturated heterocycles. The molecule has 49 heavy (non-hydrogen) atoms. The first kappa shape index (κ1) is 36.7. The standard InChI is InChI=1S/C27H27F5N8O2.C2HF3O2/c1-39-24-18(15-34-25(37-24)33-7-2-8-40-9-11-42-12-10-40)23(38-39)16-3-6-21(20(29)13-16)35-26(41)36-22-14-17(27(30,31)32)4-5-19(22)28;3-2(4,5)1(6)7/h3-6,13-15H,2,7-12H2,1H3,(H,33,34,37)(H2,35,36,41);(H,6,7). The first-order chi connectivity index (χ1) is 23.0. The number of carboxylic acids is 1. The number of carboxylic acid groups (broad SMARTS) is 1. The molecule has 3 heterocycles. The Balaban J connectivity index is 0.000000698. The van der Waals surface area contributed by atoms with Gasteiger partial charge in [0.25, 0.3) is 0 Å². The first-order valence-electron chi connectivity index (χ1n) is 14.3. The number of alkyl halides is 6. The van der Waals surface area contributed by atoms with E-state index in [-0.39, 0.29) is 5.69 Å². The molecule has 0 unspecified atom stereocenters. The summed E-state index contributed by atoms with van der Waals surface area (Å²) in [7, 11) is 1.70. The zero-order chi connectivity index (χ0) is 35.9. The van der Waals surface area contributed by atoms with E-state index in [9.17, 15) is 39.9 Å². The number of urea groups is 1. The van der Waals surface area contributed by atoms with Crippen molar-refractivity contribution in [1.29, 1.82) is 0 Å². The Morgan fingerprint density at radius 1 is 0.959 bits per heavy atom. The predicted molar refractivity (Wildman–Crippen MR) is 160 cm³/mol. The van der Waals surface area contributed by atoms with Crippen LogP contribution < -0.4 is 16.0 Å². The number of carbonyl (C=O) groups excluding carboxylic acids is 1. The smallest absolute Gasteiger partial charge is 0.475 e. The lowest BCUT2D eigenvalue weighted by atomic mass is 10.1. The third-order valence-corrected chi connectivity index (χ3v) is 6.89. The summed E-state index contributed by atoms with van der Waals surface area (Å²) in [6.07, 6.45) is -7.31. The van der Waals surface area contributed by atoms with E-state index in [1.807, 2.05) is 5.32 Å². The summed E-state index contributed by atoms with van der Waals surface area (Å²) in [5.41, 5.74) is -0.808. The Morgan fingerprint density at radius 3 is 2.27 bits per heavy atom. The molecule has 4 N–H and O–H groups in total. The van der Waals surface area contributed by atoms with Gasteiger partial charge in [0.15, 0.2) is 5.65 Å². The molecular formula is C29H28F8N8O4. The Kier molecular flexibility index (Phi) is 11.5. The second-order valence-electron chi connectivity index (χ2n) is 10.4. The number of aromatic nitrogens is 4. The molecule has 4 aromatic rings. The number of amides is 2. The molecule has 264 valence electrons. The van der Waals surface area contributed by atoms with Crippen LogP contribution in [0.3, 0.4) is 0 Å². The average Bonchev–Trinajstić information content (AvgIpc) is 3.36. The Hall–Kier alpha value is -5.11. The van der Waals surface area contributed by atoms with E-state index in [2.05, 4.69) is 30.6 Å². The molecule has 0 radical (unpaired) electrons. The van der Waals surface area contributed by atoms with Gasteiger partial charge in [0.05, 0.1) is 35.5 Å². The number of fused-ring (bicyclic) bond motifs is 1. The van der Waals surface area contributed by atoms with Gasteiger partial charge in [0.1, 0.15) is 17.3 Å². The third-order valence-electron chi connectivity index (χ3n) is 6.89. The van der Waals surface area contributed by atoms with Gasteiger partial charge in [-0.2, -0.15) is 36.4 Å². The molecule has 2 aromatic heterocycles. The van der Waals surface area contributed by atoms with Crippen LogP contribution >= 0.6 is 0 Å². The number of aliphatic carboxylic acids is 1. The molecule has 0 saturated carbocycles. The van der Waals surface area contributed by atoms with Crippen LogP contribution in [0.25, 0.3) is 22.3 Å². The first-order valence-corrected chi connectivity index (χ1v) is 14.3. The highest BCUT2D eigenvalue weighted by atomic mass is 19.4. The zero-order valence-corrected chi connectivity index (χ0v) is 25.4. The molecule has 5 rings (SSSR count). The molecule has 2 amide bonds. The number of nitrogens with one attached hydrogen (secondary N) is 3. The number of hydrogen-bond acceptors (Lipinski definition) is 8. The fourth-order valence-electron chi connectivity index (χ4n) is 4.50. The second kappa shape index (κ2) is 15.4. The van der Waals surface area contributed by atoms with Gasteiger partial charge in [-0.15, -0.1) is 0 Å². The number of benzene rings is 2. The molecular weight excluding hydrogens is 676 g/mol. The Bertz CT molecular complexity index is 1790. The highest BCUT2D eigenvalue weighted by Crippen LogP contribution is 2.32. The number of ether oxygens (including phenoxy) is 1. The van der Waals surface area contributed by atoms with Crippen LogP contribution in [-0.4, -0.2) is 87.3 Å². The summed E-state index contributed by atoms with van der Waals surface area (Å²) < 4.78 is 106. The largest absolute Gasteiger partial charge is 0.490 e. The SMILES string of the molecule is Cn1nc(-c2ccc(NC(=O)Nc3cc(C(F)(F)F)ccc3F)c(F)c2)c2cnc(NCCCN3CCOCC3)nc21.O=C(O)C(F)(F)F. The van der Waals surface area contributed by atoms with Crippen LogP contribution in [-0.2, 0) is 22.8 Å². The van der Waals surface area contributed by atoms with Crippen molar-refractivity contribution in [2.24, 2.45) is 7.05 Å². The number of hydrogen-bond donors (Lipinski definition) is 4. The van der Waals surface area contributed by atoms with E-state index in [0.29, 0.717) is 53.0 Å². The van der Waals surface area contributed by atoms with Gasteiger partial charge < -0.3 is 25.8 Å². The van der Waals surface area contributed by atoms with E-state index >= 15 is 0 Å². The van der Waals surface area contributed by atoms with Crippen LogP contribution in [0.2, 0.25) is 0 Å². The Labute approximate surface area is 272 Å². The van der Waals surface area contributed by atoms with E-state index in [1.54, 1.807) is 17.9 Å². The molecule has 0 bridgehead atoms. The van der Waals surface area contributed by atoms with Gasteiger partial charge in [-0.3, -0.25) is 4.90 Å². The molecule has 20 heteroatoms. The lowest BCUT2D eigenvalue weighted by Gasteiger charge is -2.26. The summed E-state index contributed by atoms with van der Waals surface area (Å²) >= 11 is 0. The summed E-state index contributed by atoms with van der Waals surface area (Å²) in [5, 5.41) is 19.5. The van der Waals surface area contributed by atoms with Crippen LogP contribution in [0.5, 0.6) is 0 Å². The van der Waals surface area contributed by atoms with Crippen molar-refractivity contribution in [3.8, 4) is 11.3 Å². The number of aryl methyl sites for hydroxylation is 1. The highest BCUT2D eigenvalue weighted by Gasteiger charge is 2.38. The van der Waals surface area contributed by atoms with Gasteiger partial charge in [0.2, 0.25) is 5.95 Å². The van der Waals surface area contributed by atoms with Crippen LogP contribution in [0.4, 0.5) is 57.2 Å². The minimum absolute atomic E-state index is 0.274. The third kappa shape index (κ3) is 9.95. The number of morpholine rings is 1. The maximum absolute atomic E-state index is 15.0. The molecule has 0 aliphatic carbocycles. The quantitative estimate of drug-likeness (QED) is 0.133. The molecule has 1 fully saturated rings. The lowest BCUT2D eigenvalue weighted by molar-refractivity contribution is -0.192. The normalized spacial score (nSPS) is 13.8. The van der Waals surface area contributed by atoms with E-state index in [1.165, 1.54) is 12.1 Å². The van der Waals surface area contributed by atoms with Crippen molar-refractivity contribution in [3.05, 3.63) is 59.8 Å². The summed E-state index contributed by atoms with van der Waals surface area (Å²) in [5.74, 6) is -4.24. The van der Waals surface area contributed by atoms with E-state index < -0.39 is 47.2 Å². The summed E-state index contributed by atoms with van der Waals surface area (Å²) in [4.78, 5) is 32.4. The molecule has 0 atom stereocenters. The molecule has 0 spiro atoms. The van der Waals surface area contributed by atoms with Gasteiger partial charge in [-0.1, -0.05) is 6.07 Å². The van der Waals surface area contributed by atoms with Gasteiger partial charge >= 0.3 is 24.4 Å². The van der Waals surface area contributed by atoms with Crippen molar-refractivity contribution in [1.82, 2.24) is 24.6 Å². The van der Waals surface area contributed by atoms with Crippen molar-refractivity contribution in [2.75, 3.05) is 55.3 Å². The van der Waals surface area contributed by atoms with Crippen molar-refractivity contribution >= 4 is 40.4 Å². The molecule has 1 aliphatic heterocycles. The molecule has 12 nitrogen and oxygen atoms in total. The predicted octanol–water partition coefficient (Wildman–Crippen LogP) is 5.74. The number of nitrogens with zero attached hydrogens (tertiary/aromatic N) is 5. The Morgan fingerprint density at radius 2 is 1.63 bits per heavy atom. The minimum atomic E-state index is -5.08. The zero-order valence-electron chi connectivity index (χ0n) is 25.4. The number of carbonyl (C=O) groups is 2. The molecule has 1 aliphatic rings. The van der Waals surface area contributed by atoms with Gasteiger partial charge in [-0.25, -0.2) is 28.0 Å². The average molecular weight is 705 g/mol. The number of anilines is 3. The van der Waals surface area contributed by atoms with Crippen LogP contribution in [0, 0.1) is 11.6 Å². The number of rotatable bonds is 8. The number of halogens is 8. The van der Waals surface area contributed by atoms with E-state index in [0.717, 1.165) is 45.3 Å². The second-order valence-corrected chi connectivity index (χ2v) is 10.4. The maximum atomic E-state index is 15.0. The van der Waals surface area contributed by atoms with Gasteiger partial charge in [0, 0.05) is 38.4 Å². The summed E-state index contributed by atoms with van der Waals surface area (Å²) in [6.45, 7) is 4.96. The van der Waals surface area contributed by atoms with Crippen molar-refractivity contribution in [2.45, 2.75) is 18.8 Å². The van der Waals surface area contributed by atoms with E-state index in [4.69, 9.17) is 14.6 Å². The fourth-order valence-corrected chi connectivity index (χ4v) is 4.50. The molecule has 2 aromatic carbocycles. The van der Waals surface area contributed by atoms with Crippen LogP contribution in [0.15, 0.2) is 42.6 Å². The summed E-state index contributed by atoms with van der Waals surface area (Å²) in [6, 6.07) is 4.37. The monoisotopic (exact) mass is 704 g/mol. The van der Waals surface area contributed by atoms with Crippen molar-refractivity contribution in [3.63, 3.8) is 0 Å². The maximum Gasteiger partial charge on any atom is 0.490 e. The van der Waals surface area contributed by atoms with Gasteiger partial charge in [-0.05, 0) is 43.3 Å².